The predicted molar refractivity (Wildman–Crippen MR) is 70.8 cm³/mol. The zero-order chi connectivity index (χ0) is 14.3. The number of nitro benzene ring substituents is 1. The van der Waals surface area contributed by atoms with Crippen molar-refractivity contribution in [2.45, 2.75) is 19.1 Å². The molecule has 0 aliphatic heterocycles. The third-order valence-electron chi connectivity index (χ3n) is 2.55. The summed E-state index contributed by atoms with van der Waals surface area (Å²) in [5, 5.41) is 13.4. The van der Waals surface area contributed by atoms with Gasteiger partial charge in [-0.3, -0.25) is 14.9 Å². The minimum atomic E-state index is -0.583. The molecule has 0 aliphatic rings. The number of hydrogen-bond donors (Lipinski definition) is 1. The molecule has 0 bridgehead atoms. The summed E-state index contributed by atoms with van der Waals surface area (Å²) in [7, 11) is 1.47. The third-order valence-corrected chi connectivity index (χ3v) is 2.55. The van der Waals surface area contributed by atoms with E-state index in [9.17, 15) is 14.9 Å². The molecule has 0 unspecified atom stereocenters. The number of ether oxygens (including phenoxy) is 1. The summed E-state index contributed by atoms with van der Waals surface area (Å²) in [6.07, 6.45) is 2.45. The first-order chi connectivity index (χ1) is 9.10. The van der Waals surface area contributed by atoms with E-state index in [0.717, 1.165) is 0 Å². The predicted octanol–water partition coefficient (Wildman–Crippen LogP) is 2.26. The Balaban J connectivity index is 2.82. The van der Waals surface area contributed by atoms with Crippen LogP contribution in [0.2, 0.25) is 0 Å². The molecule has 0 saturated heterocycles. The Labute approximate surface area is 111 Å². The number of amides is 1. The Morgan fingerprint density at radius 1 is 1.58 bits per heavy atom. The minimum absolute atomic E-state index is 0.0214. The van der Waals surface area contributed by atoms with E-state index in [1.165, 1.54) is 25.3 Å². The van der Waals surface area contributed by atoms with Crippen LogP contribution >= 0.6 is 0 Å². The topological polar surface area (TPSA) is 81.5 Å². The lowest BCUT2D eigenvalue weighted by Crippen LogP contribution is -2.36. The number of allylic oxidation sites excluding steroid dienone is 1. The van der Waals surface area contributed by atoms with E-state index >= 15 is 0 Å². The number of methoxy groups -OCH3 is 1. The molecule has 0 aliphatic carbocycles. The number of nitrogens with zero attached hydrogens (tertiary/aromatic N) is 1. The molecular formula is C13H16N2O4. The maximum Gasteiger partial charge on any atom is 0.282 e. The van der Waals surface area contributed by atoms with Gasteiger partial charge in [0, 0.05) is 13.2 Å². The second kappa shape index (κ2) is 7.27. The average molecular weight is 264 g/mol. The van der Waals surface area contributed by atoms with Crippen LogP contribution in [-0.4, -0.2) is 24.2 Å². The molecule has 1 atom stereocenters. The van der Waals surface area contributed by atoms with Crippen LogP contribution in [0.1, 0.15) is 23.2 Å². The van der Waals surface area contributed by atoms with Gasteiger partial charge in [0.25, 0.3) is 11.6 Å². The SMILES string of the molecule is C=CCC[C@H](NC(=O)c1ccccc1[N+](=O)[O-])OC. The summed E-state index contributed by atoms with van der Waals surface area (Å²) >= 11 is 0. The highest BCUT2D eigenvalue weighted by molar-refractivity contribution is 5.98. The van der Waals surface area contributed by atoms with E-state index in [-0.39, 0.29) is 11.3 Å². The summed E-state index contributed by atoms with van der Waals surface area (Å²) in [5.74, 6) is -0.525. The molecule has 1 rings (SSSR count). The lowest BCUT2D eigenvalue weighted by atomic mass is 10.1. The number of para-hydroxylation sites is 1. The molecule has 0 spiro atoms. The van der Waals surface area contributed by atoms with Gasteiger partial charge in [-0.1, -0.05) is 18.2 Å². The van der Waals surface area contributed by atoms with Gasteiger partial charge in [0.2, 0.25) is 0 Å². The highest BCUT2D eigenvalue weighted by atomic mass is 16.6. The van der Waals surface area contributed by atoms with Gasteiger partial charge in [-0.2, -0.15) is 0 Å². The lowest BCUT2D eigenvalue weighted by Gasteiger charge is -2.16. The van der Waals surface area contributed by atoms with Crippen LogP contribution < -0.4 is 5.32 Å². The summed E-state index contributed by atoms with van der Waals surface area (Å²) < 4.78 is 5.10. The van der Waals surface area contributed by atoms with Gasteiger partial charge in [0.1, 0.15) is 11.8 Å². The number of rotatable bonds is 7. The van der Waals surface area contributed by atoms with Gasteiger partial charge >= 0.3 is 0 Å². The molecule has 102 valence electrons. The van der Waals surface area contributed by atoms with Crippen LogP contribution in [0.15, 0.2) is 36.9 Å². The van der Waals surface area contributed by atoms with Crippen LogP contribution in [0.25, 0.3) is 0 Å². The van der Waals surface area contributed by atoms with Crippen molar-refractivity contribution in [1.29, 1.82) is 0 Å². The van der Waals surface area contributed by atoms with Gasteiger partial charge in [0.05, 0.1) is 4.92 Å². The van der Waals surface area contributed by atoms with Crippen molar-refractivity contribution in [3.63, 3.8) is 0 Å². The van der Waals surface area contributed by atoms with E-state index in [1.54, 1.807) is 12.1 Å². The molecule has 0 radical (unpaired) electrons. The van der Waals surface area contributed by atoms with Gasteiger partial charge in [0.15, 0.2) is 0 Å². The number of carbonyl (C=O) groups excluding carboxylic acids is 1. The van der Waals surface area contributed by atoms with Crippen LogP contribution in [0, 0.1) is 10.1 Å². The van der Waals surface area contributed by atoms with Crippen LogP contribution in [0.3, 0.4) is 0 Å². The molecule has 1 aromatic rings. The standard InChI is InChI=1S/C13H16N2O4/c1-3-4-9-12(19-2)14-13(16)10-7-5-6-8-11(10)15(17)18/h3,5-8,12H,1,4,9H2,2H3,(H,14,16)/t12-/m1/s1. The van der Waals surface area contributed by atoms with Crippen molar-refractivity contribution in [3.05, 3.63) is 52.6 Å². The Morgan fingerprint density at radius 2 is 2.26 bits per heavy atom. The molecule has 6 nitrogen and oxygen atoms in total. The normalized spacial score (nSPS) is 11.6. The highest BCUT2D eigenvalue weighted by Gasteiger charge is 2.21. The van der Waals surface area contributed by atoms with Gasteiger partial charge in [-0.05, 0) is 18.9 Å². The van der Waals surface area contributed by atoms with Gasteiger partial charge in [-0.25, -0.2) is 0 Å². The molecule has 6 heteroatoms. The Morgan fingerprint density at radius 3 is 2.84 bits per heavy atom. The molecular weight excluding hydrogens is 248 g/mol. The lowest BCUT2D eigenvalue weighted by molar-refractivity contribution is -0.385. The zero-order valence-electron chi connectivity index (χ0n) is 10.7. The second-order valence-corrected chi connectivity index (χ2v) is 3.84. The van der Waals surface area contributed by atoms with Crippen LogP contribution in [-0.2, 0) is 4.74 Å². The van der Waals surface area contributed by atoms with Crippen LogP contribution in [0.5, 0.6) is 0 Å². The number of carbonyl (C=O) groups is 1. The molecule has 0 saturated carbocycles. The minimum Gasteiger partial charge on any atom is -0.362 e. The Bertz CT molecular complexity index is 473. The third kappa shape index (κ3) is 4.18. The van der Waals surface area contributed by atoms with Crippen LogP contribution in [0.4, 0.5) is 5.69 Å². The van der Waals surface area contributed by atoms with Crippen molar-refractivity contribution in [2.24, 2.45) is 0 Å². The average Bonchev–Trinajstić information content (AvgIpc) is 2.43. The van der Waals surface area contributed by atoms with Crippen molar-refractivity contribution >= 4 is 11.6 Å². The maximum absolute atomic E-state index is 12.0. The number of hydrogen-bond acceptors (Lipinski definition) is 4. The van der Waals surface area contributed by atoms with Crippen molar-refractivity contribution < 1.29 is 14.5 Å². The first-order valence-electron chi connectivity index (χ1n) is 5.78. The van der Waals surface area contributed by atoms with Crippen molar-refractivity contribution in [2.75, 3.05) is 7.11 Å². The first kappa shape index (κ1) is 14.8. The molecule has 0 heterocycles. The second-order valence-electron chi connectivity index (χ2n) is 3.84. The first-order valence-corrected chi connectivity index (χ1v) is 5.78. The zero-order valence-corrected chi connectivity index (χ0v) is 10.7. The fourth-order valence-electron chi connectivity index (χ4n) is 1.57. The van der Waals surface area contributed by atoms with E-state index < -0.39 is 17.1 Å². The van der Waals surface area contributed by atoms with E-state index in [2.05, 4.69) is 11.9 Å². The molecule has 1 N–H and O–H groups in total. The monoisotopic (exact) mass is 264 g/mol. The smallest absolute Gasteiger partial charge is 0.282 e. The van der Waals surface area contributed by atoms with Gasteiger partial charge < -0.3 is 10.1 Å². The van der Waals surface area contributed by atoms with E-state index in [1.807, 2.05) is 0 Å². The molecule has 19 heavy (non-hydrogen) atoms. The number of nitrogens with one attached hydrogen (secondary N) is 1. The quantitative estimate of drug-likeness (QED) is 0.354. The van der Waals surface area contributed by atoms with E-state index in [0.29, 0.717) is 12.8 Å². The molecule has 1 aromatic carbocycles. The van der Waals surface area contributed by atoms with E-state index in [4.69, 9.17) is 4.74 Å². The number of benzene rings is 1. The number of nitro groups is 1. The summed E-state index contributed by atoms with van der Waals surface area (Å²) in [6.45, 7) is 3.58. The maximum atomic E-state index is 12.0. The molecule has 0 aromatic heterocycles. The Kier molecular flexibility index (Phi) is 5.69. The summed E-state index contributed by atoms with van der Waals surface area (Å²) in [5.41, 5.74) is -0.202. The Hall–Kier alpha value is -2.21. The highest BCUT2D eigenvalue weighted by Crippen LogP contribution is 2.17. The van der Waals surface area contributed by atoms with Gasteiger partial charge in [-0.15, -0.1) is 6.58 Å². The largest absolute Gasteiger partial charge is 0.362 e. The summed E-state index contributed by atoms with van der Waals surface area (Å²) in [4.78, 5) is 22.2. The van der Waals surface area contributed by atoms with Crippen molar-refractivity contribution in [3.8, 4) is 0 Å². The summed E-state index contributed by atoms with van der Waals surface area (Å²) in [6, 6.07) is 5.79. The van der Waals surface area contributed by atoms with Crippen molar-refractivity contribution in [1.82, 2.24) is 5.32 Å². The molecule has 0 fully saturated rings. The molecule has 1 amide bonds. The fourth-order valence-corrected chi connectivity index (χ4v) is 1.57. The fraction of sp³-hybridized carbons (Fsp3) is 0.308.